The molecule has 0 radical (unpaired) electrons. The van der Waals surface area contributed by atoms with Gasteiger partial charge in [-0.05, 0) is 18.6 Å². The number of ether oxygens (including phenoxy) is 1. The van der Waals surface area contributed by atoms with Crippen molar-refractivity contribution in [1.82, 2.24) is 0 Å². The standard InChI is InChI=1S/C9H10ClNO/c1-5-2-3-6(10)8-7(11)4-12-9(5)8/h2-3,7H,4,11H2,1H3. The zero-order valence-electron chi connectivity index (χ0n) is 6.80. The summed E-state index contributed by atoms with van der Waals surface area (Å²) in [6.45, 7) is 2.53. The topological polar surface area (TPSA) is 35.2 Å². The minimum absolute atomic E-state index is 0.0626. The van der Waals surface area contributed by atoms with Gasteiger partial charge < -0.3 is 10.5 Å². The first-order valence-corrected chi connectivity index (χ1v) is 4.25. The van der Waals surface area contributed by atoms with Crippen LogP contribution in [0, 0.1) is 6.92 Å². The monoisotopic (exact) mass is 183 g/mol. The van der Waals surface area contributed by atoms with E-state index in [9.17, 15) is 0 Å². The van der Waals surface area contributed by atoms with Gasteiger partial charge in [0.25, 0.3) is 0 Å². The summed E-state index contributed by atoms with van der Waals surface area (Å²) in [5.74, 6) is 0.870. The molecule has 0 amide bonds. The minimum Gasteiger partial charge on any atom is -0.491 e. The van der Waals surface area contributed by atoms with Crippen LogP contribution in [-0.2, 0) is 0 Å². The zero-order chi connectivity index (χ0) is 8.72. The first-order chi connectivity index (χ1) is 5.70. The molecule has 1 heterocycles. The summed E-state index contributed by atoms with van der Waals surface area (Å²) in [5.41, 5.74) is 7.86. The van der Waals surface area contributed by atoms with Gasteiger partial charge in [0.2, 0.25) is 0 Å². The number of fused-ring (bicyclic) bond motifs is 1. The molecule has 12 heavy (non-hydrogen) atoms. The van der Waals surface area contributed by atoms with Crippen LogP contribution in [0.1, 0.15) is 17.2 Å². The van der Waals surface area contributed by atoms with Crippen molar-refractivity contribution in [3.05, 3.63) is 28.3 Å². The number of halogens is 1. The maximum Gasteiger partial charge on any atom is 0.128 e. The highest BCUT2D eigenvalue weighted by molar-refractivity contribution is 6.31. The van der Waals surface area contributed by atoms with Gasteiger partial charge in [-0.25, -0.2) is 0 Å². The van der Waals surface area contributed by atoms with Crippen LogP contribution >= 0.6 is 11.6 Å². The second-order valence-electron chi connectivity index (χ2n) is 3.02. The summed E-state index contributed by atoms with van der Waals surface area (Å²) >= 11 is 5.98. The minimum atomic E-state index is -0.0626. The first kappa shape index (κ1) is 7.90. The van der Waals surface area contributed by atoms with Crippen molar-refractivity contribution in [3.8, 4) is 5.75 Å². The van der Waals surface area contributed by atoms with Gasteiger partial charge in [-0.15, -0.1) is 0 Å². The predicted molar refractivity (Wildman–Crippen MR) is 48.6 cm³/mol. The normalized spacial score (nSPS) is 20.4. The van der Waals surface area contributed by atoms with Crippen LogP contribution in [0.2, 0.25) is 5.02 Å². The van der Waals surface area contributed by atoms with Crippen LogP contribution in [0.15, 0.2) is 12.1 Å². The predicted octanol–water partition coefficient (Wildman–Crippen LogP) is 2.04. The van der Waals surface area contributed by atoms with Crippen LogP contribution in [0.4, 0.5) is 0 Å². The highest BCUT2D eigenvalue weighted by Gasteiger charge is 2.24. The summed E-state index contributed by atoms with van der Waals surface area (Å²) in [6.07, 6.45) is 0. The fraction of sp³-hybridized carbons (Fsp3) is 0.333. The molecule has 1 atom stereocenters. The largest absolute Gasteiger partial charge is 0.491 e. The molecule has 2 nitrogen and oxygen atoms in total. The average molecular weight is 184 g/mol. The van der Waals surface area contributed by atoms with E-state index in [0.29, 0.717) is 11.6 Å². The van der Waals surface area contributed by atoms with Crippen LogP contribution in [-0.4, -0.2) is 6.61 Å². The van der Waals surface area contributed by atoms with E-state index in [1.54, 1.807) is 0 Å². The molecule has 1 unspecified atom stereocenters. The Morgan fingerprint density at radius 2 is 2.33 bits per heavy atom. The lowest BCUT2D eigenvalue weighted by Crippen LogP contribution is -2.11. The fourth-order valence-corrected chi connectivity index (χ4v) is 1.77. The lowest BCUT2D eigenvalue weighted by Gasteiger charge is -2.05. The lowest BCUT2D eigenvalue weighted by molar-refractivity contribution is 0.331. The van der Waals surface area contributed by atoms with E-state index < -0.39 is 0 Å². The highest BCUT2D eigenvalue weighted by Crippen LogP contribution is 2.38. The quantitative estimate of drug-likeness (QED) is 0.668. The average Bonchev–Trinajstić information content (AvgIpc) is 2.42. The third-order valence-corrected chi connectivity index (χ3v) is 2.45. The third kappa shape index (κ3) is 0.993. The molecule has 0 saturated heterocycles. The lowest BCUT2D eigenvalue weighted by atomic mass is 10.1. The van der Waals surface area contributed by atoms with Crippen molar-refractivity contribution in [2.45, 2.75) is 13.0 Å². The van der Waals surface area contributed by atoms with E-state index in [2.05, 4.69) is 0 Å². The number of nitrogens with two attached hydrogens (primary N) is 1. The van der Waals surface area contributed by atoms with Gasteiger partial charge >= 0.3 is 0 Å². The van der Waals surface area contributed by atoms with Crippen molar-refractivity contribution in [2.75, 3.05) is 6.61 Å². The summed E-state index contributed by atoms with van der Waals surface area (Å²) < 4.78 is 5.41. The fourth-order valence-electron chi connectivity index (χ4n) is 1.48. The number of hydrogen-bond acceptors (Lipinski definition) is 2. The Bertz CT molecular complexity index is 325. The molecular weight excluding hydrogens is 174 g/mol. The van der Waals surface area contributed by atoms with Gasteiger partial charge in [0.1, 0.15) is 12.4 Å². The molecule has 0 aromatic heterocycles. The van der Waals surface area contributed by atoms with Gasteiger partial charge in [0, 0.05) is 10.6 Å². The summed E-state index contributed by atoms with van der Waals surface area (Å²) in [5, 5.41) is 0.709. The Morgan fingerprint density at radius 1 is 1.58 bits per heavy atom. The molecule has 0 spiro atoms. The third-order valence-electron chi connectivity index (χ3n) is 2.12. The van der Waals surface area contributed by atoms with E-state index in [4.69, 9.17) is 22.1 Å². The van der Waals surface area contributed by atoms with E-state index in [1.807, 2.05) is 19.1 Å². The number of benzene rings is 1. The van der Waals surface area contributed by atoms with Crippen molar-refractivity contribution in [1.29, 1.82) is 0 Å². The Hall–Kier alpha value is -0.730. The smallest absolute Gasteiger partial charge is 0.128 e. The van der Waals surface area contributed by atoms with Gasteiger partial charge in [-0.2, -0.15) is 0 Å². The van der Waals surface area contributed by atoms with Crippen molar-refractivity contribution in [3.63, 3.8) is 0 Å². The van der Waals surface area contributed by atoms with E-state index in [1.165, 1.54) is 0 Å². The molecule has 3 heteroatoms. The molecule has 1 aliphatic rings. The highest BCUT2D eigenvalue weighted by atomic mass is 35.5. The SMILES string of the molecule is Cc1ccc(Cl)c2c1OCC2N. The molecule has 2 N–H and O–H groups in total. The summed E-state index contributed by atoms with van der Waals surface area (Å²) in [7, 11) is 0. The number of aryl methyl sites for hydroxylation is 1. The molecule has 1 aliphatic heterocycles. The molecule has 1 aromatic rings. The molecule has 2 rings (SSSR count). The van der Waals surface area contributed by atoms with Crippen LogP contribution in [0.3, 0.4) is 0 Å². The molecule has 0 aliphatic carbocycles. The molecule has 0 bridgehead atoms. The van der Waals surface area contributed by atoms with E-state index in [0.717, 1.165) is 16.9 Å². The first-order valence-electron chi connectivity index (χ1n) is 3.87. The van der Waals surface area contributed by atoms with Crippen LogP contribution < -0.4 is 10.5 Å². The molecular formula is C9H10ClNO. The van der Waals surface area contributed by atoms with Gasteiger partial charge in [-0.1, -0.05) is 17.7 Å². The van der Waals surface area contributed by atoms with Crippen molar-refractivity contribution in [2.24, 2.45) is 5.73 Å². The second-order valence-corrected chi connectivity index (χ2v) is 3.43. The Labute approximate surface area is 76.3 Å². The number of hydrogen-bond donors (Lipinski definition) is 1. The summed E-state index contributed by atoms with van der Waals surface area (Å²) in [4.78, 5) is 0. The Balaban J connectivity index is 2.64. The molecule has 0 saturated carbocycles. The second kappa shape index (κ2) is 2.64. The molecule has 0 fully saturated rings. The van der Waals surface area contributed by atoms with Crippen molar-refractivity contribution < 1.29 is 4.74 Å². The Morgan fingerprint density at radius 3 is 3.00 bits per heavy atom. The number of rotatable bonds is 0. The zero-order valence-corrected chi connectivity index (χ0v) is 7.56. The Kier molecular flexibility index (Phi) is 1.74. The van der Waals surface area contributed by atoms with Gasteiger partial charge in [0.05, 0.1) is 6.04 Å². The molecule has 1 aromatic carbocycles. The maximum atomic E-state index is 5.98. The van der Waals surface area contributed by atoms with Crippen LogP contribution in [0.25, 0.3) is 0 Å². The maximum absolute atomic E-state index is 5.98. The molecule has 64 valence electrons. The van der Waals surface area contributed by atoms with Crippen molar-refractivity contribution >= 4 is 11.6 Å². The summed E-state index contributed by atoms with van der Waals surface area (Å²) in [6, 6.07) is 3.75. The van der Waals surface area contributed by atoms with E-state index >= 15 is 0 Å². The van der Waals surface area contributed by atoms with Gasteiger partial charge in [-0.3, -0.25) is 0 Å². The van der Waals surface area contributed by atoms with Crippen LogP contribution in [0.5, 0.6) is 5.75 Å². The van der Waals surface area contributed by atoms with E-state index in [-0.39, 0.29) is 6.04 Å². The van der Waals surface area contributed by atoms with Gasteiger partial charge in [0.15, 0.2) is 0 Å².